The number of carbonyl (C=O) groups excluding carboxylic acids is 1. The van der Waals surface area contributed by atoms with Gasteiger partial charge in [-0.1, -0.05) is 42.6 Å². The highest BCUT2D eigenvalue weighted by Gasteiger charge is 2.28. The number of hydrogen-bond acceptors (Lipinski definition) is 4. The number of rotatable bonds is 7. The van der Waals surface area contributed by atoms with Gasteiger partial charge in [0.2, 0.25) is 17.8 Å². The van der Waals surface area contributed by atoms with Crippen molar-refractivity contribution in [1.82, 2.24) is 19.9 Å². The van der Waals surface area contributed by atoms with Gasteiger partial charge >= 0.3 is 0 Å². The van der Waals surface area contributed by atoms with E-state index in [0.29, 0.717) is 16.6 Å². The molecule has 170 valence electrons. The van der Waals surface area contributed by atoms with Gasteiger partial charge in [-0.15, -0.1) is 0 Å². The first-order valence-electron chi connectivity index (χ1n) is 10.9. The van der Waals surface area contributed by atoms with Crippen molar-refractivity contribution < 1.29 is 9.18 Å². The van der Waals surface area contributed by atoms with E-state index in [1.807, 2.05) is 4.57 Å². The van der Waals surface area contributed by atoms with E-state index in [1.165, 1.54) is 12.3 Å². The number of fused-ring (bicyclic) bond motifs is 1. The molecule has 0 bridgehead atoms. The first kappa shape index (κ1) is 22.8. The third kappa shape index (κ3) is 4.99. The molecule has 1 fully saturated rings. The number of carbonyl (C=O) groups is 1. The van der Waals surface area contributed by atoms with Crippen LogP contribution in [0.4, 0.5) is 10.3 Å². The number of aromatic nitrogens is 3. The normalized spacial score (nSPS) is 14.8. The molecule has 4 rings (SSSR count). The number of imidazole rings is 1. The Morgan fingerprint density at radius 1 is 1.22 bits per heavy atom. The van der Waals surface area contributed by atoms with Gasteiger partial charge in [-0.3, -0.25) is 4.79 Å². The molecule has 0 spiro atoms. The van der Waals surface area contributed by atoms with E-state index >= 15 is 0 Å². The van der Waals surface area contributed by atoms with Crippen LogP contribution in [0.1, 0.15) is 38.2 Å². The predicted molar refractivity (Wildman–Crippen MR) is 126 cm³/mol. The topological polar surface area (TPSA) is 63.1 Å². The summed E-state index contributed by atoms with van der Waals surface area (Å²) < 4.78 is 15.3. The van der Waals surface area contributed by atoms with Crippen molar-refractivity contribution in [2.45, 2.75) is 39.2 Å². The van der Waals surface area contributed by atoms with E-state index in [1.54, 1.807) is 18.2 Å². The van der Waals surface area contributed by atoms with Crippen molar-refractivity contribution in [1.29, 1.82) is 0 Å². The van der Waals surface area contributed by atoms with Crippen molar-refractivity contribution in [3.05, 3.63) is 52.0 Å². The number of nitrogens with one attached hydrogen (secondary N) is 1. The number of anilines is 1. The number of unbranched alkanes of at least 4 members (excludes halogenated alkanes) is 1. The molecule has 1 aliphatic rings. The van der Waals surface area contributed by atoms with Crippen LogP contribution in [0.2, 0.25) is 10.0 Å². The summed E-state index contributed by atoms with van der Waals surface area (Å²) >= 11 is 12.5. The fourth-order valence-electron chi connectivity index (χ4n) is 4.06. The van der Waals surface area contributed by atoms with E-state index in [2.05, 4.69) is 22.1 Å². The van der Waals surface area contributed by atoms with E-state index in [9.17, 15) is 9.18 Å². The Morgan fingerprint density at radius 2 is 1.97 bits per heavy atom. The molecule has 0 radical (unpaired) electrons. The van der Waals surface area contributed by atoms with Gasteiger partial charge in [-0.05, 0) is 43.0 Å². The van der Waals surface area contributed by atoms with Crippen LogP contribution < -0.4 is 10.2 Å². The van der Waals surface area contributed by atoms with Gasteiger partial charge in [0.15, 0.2) is 0 Å². The highest BCUT2D eigenvalue weighted by Crippen LogP contribution is 2.32. The number of amides is 1. The molecule has 9 heteroatoms. The highest BCUT2D eigenvalue weighted by molar-refractivity contribution is 6.42. The van der Waals surface area contributed by atoms with Crippen LogP contribution in [-0.2, 0) is 11.3 Å². The molecule has 1 aliphatic heterocycles. The minimum absolute atomic E-state index is 0.0196. The maximum atomic E-state index is 13.3. The van der Waals surface area contributed by atoms with Crippen LogP contribution in [0.25, 0.3) is 11.0 Å². The molecule has 0 unspecified atom stereocenters. The van der Waals surface area contributed by atoms with Crippen molar-refractivity contribution in [3.63, 3.8) is 0 Å². The molecule has 0 atom stereocenters. The smallest absolute Gasteiger partial charge is 0.223 e. The molecule has 3 aromatic rings. The van der Waals surface area contributed by atoms with Gasteiger partial charge in [0.1, 0.15) is 0 Å². The Labute approximate surface area is 196 Å². The molecule has 6 nitrogen and oxygen atoms in total. The first-order valence-corrected chi connectivity index (χ1v) is 11.7. The van der Waals surface area contributed by atoms with Gasteiger partial charge in [0.25, 0.3) is 0 Å². The zero-order valence-electron chi connectivity index (χ0n) is 18.0. The van der Waals surface area contributed by atoms with Gasteiger partial charge in [0, 0.05) is 31.7 Å². The van der Waals surface area contributed by atoms with Crippen molar-refractivity contribution >= 4 is 46.1 Å². The molecule has 2 aromatic heterocycles. The summed E-state index contributed by atoms with van der Waals surface area (Å²) in [5.74, 6) is 0.430. The number of benzene rings is 1. The molecule has 32 heavy (non-hydrogen) atoms. The summed E-state index contributed by atoms with van der Waals surface area (Å²) in [7, 11) is 0. The molecule has 1 aromatic carbocycles. The Bertz CT molecular complexity index is 1090. The second-order valence-electron chi connectivity index (χ2n) is 8.15. The van der Waals surface area contributed by atoms with E-state index in [-0.39, 0.29) is 11.8 Å². The average Bonchev–Trinajstić information content (AvgIpc) is 3.13. The number of halogens is 3. The Morgan fingerprint density at radius 3 is 2.66 bits per heavy atom. The largest absolute Gasteiger partial charge is 0.356 e. The summed E-state index contributed by atoms with van der Waals surface area (Å²) in [4.78, 5) is 23.2. The minimum atomic E-state index is -0.515. The predicted octanol–water partition coefficient (Wildman–Crippen LogP) is 5.06. The van der Waals surface area contributed by atoms with Crippen LogP contribution in [0.3, 0.4) is 0 Å². The summed E-state index contributed by atoms with van der Waals surface area (Å²) in [6, 6.07) is 6.62. The monoisotopic (exact) mass is 477 g/mol. The van der Waals surface area contributed by atoms with Crippen LogP contribution in [-0.4, -0.2) is 40.1 Å². The standard InChI is InChI=1S/C23H26Cl2FN5O/c1-2-3-8-27-22(32)16-6-9-30(10-7-16)23-29-19-11-17(24)18(25)12-20(19)31(23)14-15-4-5-21(26)28-13-15/h4-5,11-13,16H,2-3,6-10,14H2,1H3,(H,27,32). The molecule has 0 aliphatic carbocycles. The zero-order valence-corrected chi connectivity index (χ0v) is 19.5. The van der Waals surface area contributed by atoms with Crippen LogP contribution in [0.15, 0.2) is 30.5 Å². The second-order valence-corrected chi connectivity index (χ2v) is 8.96. The van der Waals surface area contributed by atoms with Crippen LogP contribution >= 0.6 is 23.2 Å². The summed E-state index contributed by atoms with van der Waals surface area (Å²) in [5, 5.41) is 3.94. The molecule has 0 saturated carbocycles. The zero-order chi connectivity index (χ0) is 22.7. The number of piperidine rings is 1. The number of nitrogens with zero attached hydrogens (tertiary/aromatic N) is 4. The molecule has 1 N–H and O–H groups in total. The molecule has 1 amide bonds. The lowest BCUT2D eigenvalue weighted by atomic mass is 9.96. The van der Waals surface area contributed by atoms with Gasteiger partial charge in [-0.25, -0.2) is 9.97 Å². The minimum Gasteiger partial charge on any atom is -0.356 e. The first-order chi connectivity index (χ1) is 15.5. The van der Waals surface area contributed by atoms with Crippen molar-refractivity contribution in [3.8, 4) is 0 Å². The van der Waals surface area contributed by atoms with Gasteiger partial charge in [0.05, 0.1) is 27.6 Å². The van der Waals surface area contributed by atoms with Crippen molar-refractivity contribution in [2.75, 3.05) is 24.5 Å². The van der Waals surface area contributed by atoms with Crippen LogP contribution in [0, 0.1) is 11.9 Å². The second kappa shape index (κ2) is 10.0. The van der Waals surface area contributed by atoms with E-state index in [0.717, 1.165) is 67.9 Å². The fourth-order valence-corrected chi connectivity index (χ4v) is 4.38. The summed E-state index contributed by atoms with van der Waals surface area (Å²) in [6.07, 6.45) is 5.11. The Kier molecular flexibility index (Phi) is 7.16. The quantitative estimate of drug-likeness (QED) is 0.381. The lowest BCUT2D eigenvalue weighted by molar-refractivity contribution is -0.125. The van der Waals surface area contributed by atoms with Crippen LogP contribution in [0.5, 0.6) is 0 Å². The molecular formula is C23H26Cl2FN5O. The lowest BCUT2D eigenvalue weighted by Gasteiger charge is -2.32. The number of pyridine rings is 1. The van der Waals surface area contributed by atoms with E-state index < -0.39 is 5.95 Å². The summed E-state index contributed by atoms with van der Waals surface area (Å²) in [5.41, 5.74) is 2.44. The van der Waals surface area contributed by atoms with Crippen molar-refractivity contribution in [2.24, 2.45) is 5.92 Å². The average molecular weight is 478 g/mol. The third-order valence-electron chi connectivity index (χ3n) is 5.88. The maximum absolute atomic E-state index is 13.3. The highest BCUT2D eigenvalue weighted by atomic mass is 35.5. The van der Waals surface area contributed by atoms with Gasteiger partial charge in [-0.2, -0.15) is 4.39 Å². The Balaban J connectivity index is 1.58. The maximum Gasteiger partial charge on any atom is 0.223 e. The number of hydrogen-bond donors (Lipinski definition) is 1. The lowest BCUT2D eigenvalue weighted by Crippen LogP contribution is -2.41. The molecular weight excluding hydrogens is 452 g/mol. The molecule has 3 heterocycles. The van der Waals surface area contributed by atoms with E-state index in [4.69, 9.17) is 28.2 Å². The third-order valence-corrected chi connectivity index (χ3v) is 6.60. The van der Waals surface area contributed by atoms with Gasteiger partial charge < -0.3 is 14.8 Å². The fraction of sp³-hybridized carbons (Fsp3) is 0.435. The SMILES string of the molecule is CCCCNC(=O)C1CCN(c2nc3cc(Cl)c(Cl)cc3n2Cc2ccc(F)nc2)CC1. The molecule has 1 saturated heterocycles. The summed E-state index contributed by atoms with van der Waals surface area (Å²) in [6.45, 7) is 4.75. The Hall–Kier alpha value is -2.38.